The number of carbonyl (C=O) groups is 1. The predicted molar refractivity (Wildman–Crippen MR) is 64.4 cm³/mol. The lowest BCUT2D eigenvalue weighted by Crippen LogP contribution is -2.25. The first-order valence-corrected chi connectivity index (χ1v) is 5.87. The van der Waals surface area contributed by atoms with Crippen molar-refractivity contribution in [3.05, 3.63) is 65.7 Å². The molecule has 0 bridgehead atoms. The number of hydrogen-bond donors (Lipinski definition) is 0. The summed E-state index contributed by atoms with van der Waals surface area (Å²) in [5.41, 5.74) is 1.58. The van der Waals surface area contributed by atoms with Crippen LogP contribution in [-0.4, -0.2) is 11.6 Å². The lowest BCUT2D eigenvalue weighted by atomic mass is 10.0. The Bertz CT molecular complexity index is 635. The van der Waals surface area contributed by atoms with Crippen molar-refractivity contribution in [3.63, 3.8) is 0 Å². The summed E-state index contributed by atoms with van der Waals surface area (Å²) >= 11 is 0. The second-order valence-electron chi connectivity index (χ2n) is 4.50. The molecule has 0 N–H and O–H groups in total. The molecule has 4 rings (SSSR count). The highest BCUT2D eigenvalue weighted by Crippen LogP contribution is 2.56. The minimum atomic E-state index is -1.11. The lowest BCUT2D eigenvalue weighted by molar-refractivity contribution is 0.0538. The third kappa shape index (κ3) is 1.14. The van der Waals surface area contributed by atoms with Gasteiger partial charge < -0.3 is 9.47 Å². The Morgan fingerprint density at radius 1 is 0.944 bits per heavy atom. The van der Waals surface area contributed by atoms with Crippen LogP contribution in [0.5, 0.6) is 5.75 Å². The molecule has 1 saturated heterocycles. The fraction of sp³-hybridized carbons (Fsp3) is 0.133. The fourth-order valence-corrected chi connectivity index (χ4v) is 2.45. The van der Waals surface area contributed by atoms with E-state index >= 15 is 0 Å². The number of rotatable bonds is 1. The lowest BCUT2D eigenvalue weighted by Gasteiger charge is -2.03. The van der Waals surface area contributed by atoms with Gasteiger partial charge in [-0.3, -0.25) is 4.79 Å². The molecular weight excluding hydrogens is 228 g/mol. The maximum atomic E-state index is 12.3. The smallest absolute Gasteiger partial charge is 0.307 e. The van der Waals surface area contributed by atoms with Gasteiger partial charge in [0.1, 0.15) is 5.75 Å². The van der Waals surface area contributed by atoms with E-state index in [4.69, 9.17) is 9.47 Å². The predicted octanol–water partition coefficient (Wildman–Crippen LogP) is 2.73. The normalized spacial score (nSPS) is 28.0. The number of fused-ring (bicyclic) bond motifs is 1. The number of carbonyl (C=O) groups excluding carboxylic acids is 1. The van der Waals surface area contributed by atoms with Gasteiger partial charge in [0, 0.05) is 0 Å². The molecular formula is C15H10O3. The van der Waals surface area contributed by atoms with Gasteiger partial charge in [0.05, 0.1) is 5.56 Å². The molecule has 3 nitrogen and oxygen atoms in total. The van der Waals surface area contributed by atoms with Crippen LogP contribution < -0.4 is 4.74 Å². The van der Waals surface area contributed by atoms with Crippen molar-refractivity contribution in [3.8, 4) is 5.75 Å². The van der Waals surface area contributed by atoms with E-state index in [9.17, 15) is 4.79 Å². The van der Waals surface area contributed by atoms with Gasteiger partial charge >= 0.3 is 5.79 Å². The van der Waals surface area contributed by atoms with Crippen LogP contribution >= 0.6 is 0 Å². The molecule has 2 heterocycles. The number of hydrogen-bond acceptors (Lipinski definition) is 3. The van der Waals surface area contributed by atoms with Crippen LogP contribution in [0.4, 0.5) is 0 Å². The summed E-state index contributed by atoms with van der Waals surface area (Å²) in [6.07, 6.45) is -0.293. The summed E-state index contributed by atoms with van der Waals surface area (Å²) in [5, 5.41) is 0. The van der Waals surface area contributed by atoms with Gasteiger partial charge in [0.15, 0.2) is 6.10 Å². The number of Topliss-reactive ketones (excluding diaryl/α,β-unsaturated/α-hetero) is 1. The van der Waals surface area contributed by atoms with Crippen LogP contribution in [0.3, 0.4) is 0 Å². The van der Waals surface area contributed by atoms with E-state index in [1.165, 1.54) is 0 Å². The molecule has 0 amide bonds. The van der Waals surface area contributed by atoms with Crippen molar-refractivity contribution in [1.29, 1.82) is 0 Å². The van der Waals surface area contributed by atoms with Gasteiger partial charge in [-0.2, -0.15) is 0 Å². The summed E-state index contributed by atoms with van der Waals surface area (Å²) in [4.78, 5) is 12.3. The summed E-state index contributed by atoms with van der Waals surface area (Å²) in [6, 6.07) is 16.9. The first kappa shape index (κ1) is 9.85. The van der Waals surface area contributed by atoms with E-state index < -0.39 is 5.79 Å². The van der Waals surface area contributed by atoms with Crippen molar-refractivity contribution >= 4 is 5.78 Å². The molecule has 2 aliphatic heterocycles. The van der Waals surface area contributed by atoms with E-state index in [2.05, 4.69) is 0 Å². The number of epoxide rings is 1. The molecule has 0 aromatic heterocycles. The Morgan fingerprint density at radius 3 is 2.44 bits per heavy atom. The van der Waals surface area contributed by atoms with Crippen LogP contribution in [0.15, 0.2) is 54.6 Å². The second kappa shape index (κ2) is 3.21. The maximum Gasteiger partial charge on any atom is 0.307 e. The molecule has 2 aliphatic rings. The molecule has 2 aromatic carbocycles. The zero-order chi connectivity index (χ0) is 12.2. The molecule has 0 aliphatic carbocycles. The average molecular weight is 238 g/mol. The summed E-state index contributed by atoms with van der Waals surface area (Å²) in [7, 11) is 0. The second-order valence-corrected chi connectivity index (χ2v) is 4.50. The highest BCUT2D eigenvalue weighted by Gasteiger charge is 2.69. The molecule has 1 fully saturated rings. The fourth-order valence-electron chi connectivity index (χ4n) is 2.45. The molecule has 18 heavy (non-hydrogen) atoms. The van der Waals surface area contributed by atoms with Crippen LogP contribution in [0.2, 0.25) is 0 Å². The van der Waals surface area contributed by atoms with Crippen molar-refractivity contribution in [1.82, 2.24) is 0 Å². The molecule has 1 spiro atoms. The Morgan fingerprint density at radius 2 is 1.67 bits per heavy atom. The molecule has 3 heteroatoms. The van der Waals surface area contributed by atoms with Crippen LogP contribution in [0.1, 0.15) is 22.0 Å². The Labute approximate surface area is 104 Å². The van der Waals surface area contributed by atoms with E-state index in [0.29, 0.717) is 11.3 Å². The SMILES string of the molecule is O=C1c2ccccc2OC12OC2c1ccccc1. The largest absolute Gasteiger partial charge is 0.451 e. The Balaban J connectivity index is 1.73. The Kier molecular flexibility index (Phi) is 1.76. The molecule has 2 aromatic rings. The molecule has 0 radical (unpaired) electrons. The average Bonchev–Trinajstić information content (AvgIpc) is 3.08. The standard InChI is InChI=1S/C15H10O3/c16-13-11-8-4-5-9-12(11)17-15(13)14(18-15)10-6-2-1-3-7-10/h1-9,14H. The third-order valence-corrected chi connectivity index (χ3v) is 3.39. The number of ketones is 1. The minimum Gasteiger partial charge on any atom is -0.451 e. The van der Waals surface area contributed by atoms with E-state index in [1.807, 2.05) is 42.5 Å². The number of para-hydroxylation sites is 1. The van der Waals surface area contributed by atoms with E-state index in [-0.39, 0.29) is 11.9 Å². The summed E-state index contributed by atoms with van der Waals surface area (Å²) in [5.74, 6) is -0.571. The summed E-state index contributed by atoms with van der Waals surface area (Å²) in [6.45, 7) is 0. The molecule has 88 valence electrons. The maximum absolute atomic E-state index is 12.3. The molecule has 0 saturated carbocycles. The summed E-state index contributed by atoms with van der Waals surface area (Å²) < 4.78 is 11.3. The van der Waals surface area contributed by atoms with Gasteiger partial charge in [0.2, 0.25) is 5.78 Å². The first-order valence-electron chi connectivity index (χ1n) is 5.87. The van der Waals surface area contributed by atoms with Crippen molar-refractivity contribution < 1.29 is 14.3 Å². The highest BCUT2D eigenvalue weighted by atomic mass is 16.8. The first-order chi connectivity index (χ1) is 8.81. The molecule has 2 atom stereocenters. The van der Waals surface area contributed by atoms with Gasteiger partial charge in [-0.15, -0.1) is 0 Å². The van der Waals surface area contributed by atoms with Crippen molar-refractivity contribution in [2.24, 2.45) is 0 Å². The zero-order valence-corrected chi connectivity index (χ0v) is 9.50. The van der Waals surface area contributed by atoms with Crippen molar-refractivity contribution in [2.75, 3.05) is 0 Å². The van der Waals surface area contributed by atoms with Gasteiger partial charge in [-0.25, -0.2) is 0 Å². The number of benzene rings is 2. The van der Waals surface area contributed by atoms with E-state index in [1.54, 1.807) is 12.1 Å². The zero-order valence-electron chi connectivity index (χ0n) is 9.50. The third-order valence-electron chi connectivity index (χ3n) is 3.39. The van der Waals surface area contributed by atoms with Crippen LogP contribution in [-0.2, 0) is 4.74 Å². The highest BCUT2D eigenvalue weighted by molar-refractivity contribution is 6.08. The number of ether oxygens (including phenoxy) is 2. The minimum absolute atomic E-state index is 0.0769. The monoisotopic (exact) mass is 238 g/mol. The van der Waals surface area contributed by atoms with Gasteiger partial charge in [0.25, 0.3) is 0 Å². The quantitative estimate of drug-likeness (QED) is 0.717. The van der Waals surface area contributed by atoms with Crippen LogP contribution in [0.25, 0.3) is 0 Å². The van der Waals surface area contributed by atoms with Gasteiger partial charge in [-0.05, 0) is 17.7 Å². The van der Waals surface area contributed by atoms with E-state index in [0.717, 1.165) is 5.56 Å². The Hall–Kier alpha value is -2.13. The van der Waals surface area contributed by atoms with Gasteiger partial charge in [-0.1, -0.05) is 42.5 Å². The molecule has 2 unspecified atom stereocenters. The van der Waals surface area contributed by atoms with Crippen LogP contribution in [0, 0.1) is 0 Å². The topological polar surface area (TPSA) is 38.8 Å². The van der Waals surface area contributed by atoms with Crippen molar-refractivity contribution in [2.45, 2.75) is 11.9 Å².